The van der Waals surface area contributed by atoms with E-state index < -0.39 is 0 Å². The van der Waals surface area contributed by atoms with E-state index in [2.05, 4.69) is 15.5 Å². The lowest BCUT2D eigenvalue weighted by molar-refractivity contribution is -0.113. The average molecular weight is 413 g/mol. The monoisotopic (exact) mass is 412 g/mol. The number of carbonyl (C=O) groups is 1. The Morgan fingerprint density at radius 2 is 2.03 bits per heavy atom. The fraction of sp³-hybridized carbons (Fsp3) is 0.400. The molecule has 4 rings (SSSR count). The molecular weight excluding hydrogens is 388 g/mol. The number of benzene rings is 1. The molecule has 1 fully saturated rings. The first kappa shape index (κ1) is 19.5. The Labute approximate surface area is 172 Å². The Kier molecular flexibility index (Phi) is 5.84. The summed E-state index contributed by atoms with van der Waals surface area (Å²) in [5, 5.41) is 14.7. The number of thioether (sulfide) groups is 1. The van der Waals surface area contributed by atoms with Crippen molar-refractivity contribution in [2.24, 2.45) is 0 Å². The number of hydrogen-bond donors (Lipinski definition) is 2. The van der Waals surface area contributed by atoms with Gasteiger partial charge in [-0.15, -0.1) is 5.10 Å². The summed E-state index contributed by atoms with van der Waals surface area (Å²) in [6.07, 6.45) is 4.74. The van der Waals surface area contributed by atoms with Crippen LogP contribution < -0.4 is 11.0 Å². The zero-order valence-electron chi connectivity index (χ0n) is 16.3. The molecule has 2 N–H and O–H groups in total. The molecule has 29 heavy (non-hydrogen) atoms. The molecule has 0 radical (unpaired) electrons. The molecule has 9 heteroatoms. The number of nitrogens with zero attached hydrogens (tertiary/aromatic N) is 4. The largest absolute Gasteiger partial charge is 0.343 e. The van der Waals surface area contributed by atoms with Crippen LogP contribution in [0.4, 0.5) is 5.82 Å². The van der Waals surface area contributed by atoms with E-state index in [4.69, 9.17) is 5.10 Å². The predicted molar refractivity (Wildman–Crippen MR) is 113 cm³/mol. The molecule has 1 amide bonds. The summed E-state index contributed by atoms with van der Waals surface area (Å²) < 4.78 is 3.30. The van der Waals surface area contributed by atoms with Crippen molar-refractivity contribution in [3.8, 4) is 5.69 Å². The Balaban J connectivity index is 1.52. The highest BCUT2D eigenvalue weighted by Crippen LogP contribution is 2.35. The molecule has 1 aromatic carbocycles. The zero-order chi connectivity index (χ0) is 20.2. The van der Waals surface area contributed by atoms with Crippen molar-refractivity contribution in [3.05, 3.63) is 52.6 Å². The first-order valence-electron chi connectivity index (χ1n) is 9.89. The average Bonchev–Trinajstić information content (AvgIpc) is 3.47. The lowest BCUT2D eigenvalue weighted by Crippen LogP contribution is -2.19. The zero-order valence-corrected chi connectivity index (χ0v) is 17.1. The third kappa shape index (κ3) is 4.29. The van der Waals surface area contributed by atoms with Crippen LogP contribution in [-0.2, 0) is 11.3 Å². The van der Waals surface area contributed by atoms with Gasteiger partial charge in [-0.1, -0.05) is 42.8 Å². The molecule has 2 aromatic heterocycles. The van der Waals surface area contributed by atoms with Gasteiger partial charge < -0.3 is 5.32 Å². The minimum Gasteiger partial charge on any atom is -0.310 e. The number of aromatic amines is 1. The number of hydrogen-bond acceptors (Lipinski definition) is 5. The SMILES string of the molecule is CCn1c(SCC(=O)Nc2cc(C3CCCC3)nn2-c2ccccc2)n[nH]c1=O. The fourth-order valence-corrected chi connectivity index (χ4v) is 4.49. The minimum absolute atomic E-state index is 0.156. The van der Waals surface area contributed by atoms with E-state index >= 15 is 0 Å². The third-order valence-corrected chi connectivity index (χ3v) is 6.12. The first-order valence-corrected chi connectivity index (χ1v) is 10.9. The molecule has 0 atom stereocenters. The molecular formula is C20H24N6O2S. The van der Waals surface area contributed by atoms with Gasteiger partial charge in [-0.05, 0) is 31.9 Å². The Bertz CT molecular complexity index is 1030. The van der Waals surface area contributed by atoms with Gasteiger partial charge in [0.1, 0.15) is 5.82 Å². The number of anilines is 1. The topological polar surface area (TPSA) is 97.6 Å². The van der Waals surface area contributed by atoms with Gasteiger partial charge in [0.25, 0.3) is 0 Å². The number of rotatable bonds is 7. The normalized spacial score (nSPS) is 14.4. The van der Waals surface area contributed by atoms with Gasteiger partial charge in [-0.25, -0.2) is 14.6 Å². The smallest absolute Gasteiger partial charge is 0.310 e. The summed E-state index contributed by atoms with van der Waals surface area (Å²) >= 11 is 1.23. The molecule has 1 saturated carbocycles. The van der Waals surface area contributed by atoms with Crippen LogP contribution in [0.25, 0.3) is 5.69 Å². The molecule has 8 nitrogen and oxygen atoms in total. The van der Waals surface area contributed by atoms with Crippen LogP contribution in [0, 0.1) is 0 Å². The van der Waals surface area contributed by atoms with Crippen LogP contribution >= 0.6 is 11.8 Å². The number of amides is 1. The van der Waals surface area contributed by atoms with Gasteiger partial charge in [0.15, 0.2) is 5.16 Å². The minimum atomic E-state index is -0.265. The summed E-state index contributed by atoms with van der Waals surface area (Å²) in [6.45, 7) is 2.37. The highest BCUT2D eigenvalue weighted by Gasteiger charge is 2.22. The number of carbonyl (C=O) groups excluding carboxylic acids is 1. The number of aromatic nitrogens is 5. The van der Waals surface area contributed by atoms with E-state index in [0.717, 1.165) is 24.2 Å². The van der Waals surface area contributed by atoms with Crippen LogP contribution in [0.1, 0.15) is 44.2 Å². The molecule has 0 bridgehead atoms. The van der Waals surface area contributed by atoms with E-state index in [1.165, 1.54) is 29.2 Å². The van der Waals surface area contributed by atoms with E-state index in [1.54, 1.807) is 4.68 Å². The Morgan fingerprint density at radius 3 is 2.76 bits per heavy atom. The van der Waals surface area contributed by atoms with Crippen LogP contribution in [0.5, 0.6) is 0 Å². The van der Waals surface area contributed by atoms with E-state index in [1.807, 2.05) is 43.3 Å². The van der Waals surface area contributed by atoms with Crippen LogP contribution in [-0.4, -0.2) is 36.2 Å². The number of para-hydroxylation sites is 1. The Hall–Kier alpha value is -2.81. The molecule has 0 aliphatic heterocycles. The number of nitrogens with one attached hydrogen (secondary N) is 2. The molecule has 0 unspecified atom stereocenters. The van der Waals surface area contributed by atoms with E-state index in [0.29, 0.717) is 23.4 Å². The quantitative estimate of drug-likeness (QED) is 0.581. The maximum atomic E-state index is 12.6. The second-order valence-corrected chi connectivity index (χ2v) is 8.02. The van der Waals surface area contributed by atoms with Crippen LogP contribution in [0.2, 0.25) is 0 Å². The maximum absolute atomic E-state index is 12.6. The summed E-state index contributed by atoms with van der Waals surface area (Å²) in [7, 11) is 0. The van der Waals surface area contributed by atoms with Crippen molar-refractivity contribution < 1.29 is 4.79 Å². The summed E-state index contributed by atoms with van der Waals surface area (Å²) in [4.78, 5) is 24.3. The second kappa shape index (κ2) is 8.69. The Morgan fingerprint density at radius 1 is 1.28 bits per heavy atom. The van der Waals surface area contributed by atoms with Gasteiger partial charge in [0.05, 0.1) is 17.1 Å². The van der Waals surface area contributed by atoms with Gasteiger partial charge in [-0.3, -0.25) is 9.36 Å². The lowest BCUT2D eigenvalue weighted by Gasteiger charge is -2.09. The molecule has 0 saturated heterocycles. The van der Waals surface area contributed by atoms with Gasteiger partial charge in [0.2, 0.25) is 5.91 Å². The van der Waals surface area contributed by atoms with Crippen LogP contribution in [0.3, 0.4) is 0 Å². The number of H-pyrrole nitrogens is 1. The van der Waals surface area contributed by atoms with Gasteiger partial charge in [0, 0.05) is 18.5 Å². The molecule has 3 aromatic rings. The van der Waals surface area contributed by atoms with Gasteiger partial charge >= 0.3 is 5.69 Å². The lowest BCUT2D eigenvalue weighted by atomic mass is 10.0. The van der Waals surface area contributed by atoms with Crippen molar-refractivity contribution in [2.45, 2.75) is 50.2 Å². The van der Waals surface area contributed by atoms with Crippen molar-refractivity contribution in [3.63, 3.8) is 0 Å². The summed E-state index contributed by atoms with van der Waals surface area (Å²) in [5.74, 6) is 1.11. The van der Waals surface area contributed by atoms with Crippen LogP contribution in [0.15, 0.2) is 46.3 Å². The first-order chi connectivity index (χ1) is 14.2. The van der Waals surface area contributed by atoms with Gasteiger partial charge in [-0.2, -0.15) is 5.10 Å². The molecule has 0 spiro atoms. The molecule has 152 valence electrons. The van der Waals surface area contributed by atoms with Crippen molar-refractivity contribution in [2.75, 3.05) is 11.1 Å². The van der Waals surface area contributed by atoms with Crippen molar-refractivity contribution in [1.82, 2.24) is 24.5 Å². The predicted octanol–water partition coefficient (Wildman–Crippen LogP) is 3.17. The molecule has 2 heterocycles. The van der Waals surface area contributed by atoms with Crippen molar-refractivity contribution >= 4 is 23.5 Å². The summed E-state index contributed by atoms with van der Waals surface area (Å²) in [5.41, 5.74) is 1.67. The second-order valence-electron chi connectivity index (χ2n) is 7.08. The van der Waals surface area contributed by atoms with E-state index in [9.17, 15) is 9.59 Å². The fourth-order valence-electron chi connectivity index (χ4n) is 3.68. The molecule has 1 aliphatic carbocycles. The van der Waals surface area contributed by atoms with Crippen molar-refractivity contribution in [1.29, 1.82) is 0 Å². The maximum Gasteiger partial charge on any atom is 0.343 e. The summed E-state index contributed by atoms with van der Waals surface area (Å²) in [6, 6.07) is 11.8. The highest BCUT2D eigenvalue weighted by atomic mass is 32.2. The molecule has 1 aliphatic rings. The standard InChI is InChI=1S/C20H24N6O2S/c1-2-25-19(28)22-23-20(25)29-13-18(27)21-17-12-16(14-8-6-7-9-14)24-26(17)15-10-4-3-5-11-15/h3-5,10-12,14H,2,6-9,13H2,1H3,(H,21,27)(H,22,28). The van der Waals surface area contributed by atoms with E-state index in [-0.39, 0.29) is 17.3 Å². The third-order valence-electron chi connectivity index (χ3n) is 5.14. The highest BCUT2D eigenvalue weighted by molar-refractivity contribution is 7.99.